The number of hydrogen-bond donors (Lipinski definition) is 1. The molecule has 0 radical (unpaired) electrons. The van der Waals surface area contributed by atoms with Crippen molar-refractivity contribution >= 4 is 0 Å². The molecular weight excluding hydrogens is 364 g/mol. The Bertz CT molecular complexity index is 929. The first-order valence-electron chi connectivity index (χ1n) is 10.7. The van der Waals surface area contributed by atoms with Gasteiger partial charge >= 0.3 is 5.69 Å². The fourth-order valence-electron chi connectivity index (χ4n) is 4.26. The zero-order chi connectivity index (χ0) is 21.0. The average molecular weight is 399 g/mol. The Morgan fingerprint density at radius 2 is 1.41 bits per heavy atom. The van der Waals surface area contributed by atoms with Crippen LogP contribution in [0, 0.1) is 27.7 Å². The SMILES string of the molecule is Cc1cc(C)c(CN2CCN(CCCCn3cc(C)c(=O)[nH]c3=O)CC2)c(C)c1. The largest absolute Gasteiger partial charge is 0.328 e. The van der Waals surface area contributed by atoms with E-state index in [1.165, 1.54) is 22.3 Å². The molecule has 0 atom stereocenters. The Balaban J connectivity index is 1.41. The van der Waals surface area contributed by atoms with Crippen LogP contribution in [0.2, 0.25) is 0 Å². The van der Waals surface area contributed by atoms with Crippen molar-refractivity contribution in [2.45, 2.75) is 53.6 Å². The lowest BCUT2D eigenvalue weighted by Crippen LogP contribution is -2.46. The van der Waals surface area contributed by atoms with Gasteiger partial charge in [0.25, 0.3) is 5.56 Å². The Hall–Kier alpha value is -2.18. The molecule has 1 aromatic heterocycles. The van der Waals surface area contributed by atoms with E-state index in [0.29, 0.717) is 12.1 Å². The summed E-state index contributed by atoms with van der Waals surface area (Å²) in [4.78, 5) is 30.7. The molecule has 0 bridgehead atoms. The summed E-state index contributed by atoms with van der Waals surface area (Å²) in [5.74, 6) is 0. The predicted octanol–water partition coefficient (Wildman–Crippen LogP) is 2.37. The number of rotatable bonds is 7. The van der Waals surface area contributed by atoms with Gasteiger partial charge in [0.05, 0.1) is 0 Å². The van der Waals surface area contributed by atoms with E-state index in [9.17, 15) is 9.59 Å². The molecule has 2 heterocycles. The number of nitrogens with zero attached hydrogens (tertiary/aromatic N) is 3. The monoisotopic (exact) mass is 398 g/mol. The molecule has 0 amide bonds. The van der Waals surface area contributed by atoms with Crippen LogP contribution < -0.4 is 11.2 Å². The number of benzene rings is 1. The molecule has 1 N–H and O–H groups in total. The molecule has 0 aliphatic carbocycles. The minimum absolute atomic E-state index is 0.292. The van der Waals surface area contributed by atoms with Gasteiger partial charge in [0.2, 0.25) is 0 Å². The first-order valence-corrected chi connectivity index (χ1v) is 10.7. The molecule has 1 fully saturated rings. The quantitative estimate of drug-likeness (QED) is 0.728. The van der Waals surface area contributed by atoms with E-state index in [1.807, 2.05) is 0 Å². The second kappa shape index (κ2) is 9.55. The molecular formula is C23H34N4O2. The maximum absolute atomic E-state index is 11.8. The number of piperazine rings is 1. The number of aromatic amines is 1. The first kappa shape index (κ1) is 21.5. The molecule has 6 nitrogen and oxygen atoms in total. The summed E-state index contributed by atoms with van der Waals surface area (Å²) in [6.07, 6.45) is 3.66. The van der Waals surface area contributed by atoms with Gasteiger partial charge in [-0.15, -0.1) is 0 Å². The van der Waals surface area contributed by atoms with E-state index in [4.69, 9.17) is 0 Å². The molecule has 0 saturated carbocycles. The van der Waals surface area contributed by atoms with Gasteiger partial charge in [-0.25, -0.2) is 4.79 Å². The highest BCUT2D eigenvalue weighted by Crippen LogP contribution is 2.19. The second-order valence-electron chi connectivity index (χ2n) is 8.47. The molecule has 1 aliphatic rings. The number of aromatic nitrogens is 2. The van der Waals surface area contributed by atoms with Gasteiger partial charge in [-0.1, -0.05) is 17.7 Å². The standard InChI is InChI=1S/C23H34N4O2/c1-17-13-18(2)21(19(3)14-17)16-26-11-9-25(10-12-26)7-5-6-8-27-15-20(4)22(28)24-23(27)29/h13-15H,5-12,16H2,1-4H3,(H,24,28,29). The maximum atomic E-state index is 11.8. The Labute approximate surface area is 173 Å². The Morgan fingerprint density at radius 3 is 2.07 bits per heavy atom. The normalized spacial score (nSPS) is 15.7. The highest BCUT2D eigenvalue weighted by Gasteiger charge is 2.18. The predicted molar refractivity (Wildman–Crippen MR) is 118 cm³/mol. The summed E-state index contributed by atoms with van der Waals surface area (Å²) in [5, 5.41) is 0. The number of hydrogen-bond acceptors (Lipinski definition) is 4. The van der Waals surface area contributed by atoms with Gasteiger partial charge in [0.1, 0.15) is 0 Å². The molecule has 0 unspecified atom stereocenters. The minimum atomic E-state index is -0.309. The molecule has 1 saturated heterocycles. The molecule has 6 heteroatoms. The summed E-state index contributed by atoms with van der Waals surface area (Å²) < 4.78 is 1.61. The summed E-state index contributed by atoms with van der Waals surface area (Å²) in [7, 11) is 0. The molecule has 2 aromatic rings. The van der Waals surface area contributed by atoms with Crippen LogP contribution in [0.5, 0.6) is 0 Å². The Morgan fingerprint density at radius 1 is 0.828 bits per heavy atom. The third kappa shape index (κ3) is 5.67. The van der Waals surface area contributed by atoms with Gasteiger partial charge in [-0.3, -0.25) is 14.7 Å². The number of unbranched alkanes of at least 4 members (excludes halogenated alkanes) is 1. The van der Waals surface area contributed by atoms with Gasteiger partial charge < -0.3 is 9.47 Å². The number of aryl methyl sites for hydroxylation is 5. The highest BCUT2D eigenvalue weighted by molar-refractivity contribution is 5.37. The van der Waals surface area contributed by atoms with Crippen LogP contribution >= 0.6 is 0 Å². The van der Waals surface area contributed by atoms with Crippen LogP contribution in [-0.4, -0.2) is 52.1 Å². The van der Waals surface area contributed by atoms with Crippen LogP contribution in [0.3, 0.4) is 0 Å². The molecule has 29 heavy (non-hydrogen) atoms. The molecule has 0 spiro atoms. The fraction of sp³-hybridized carbons (Fsp3) is 0.565. The maximum Gasteiger partial charge on any atom is 0.328 e. The lowest BCUT2D eigenvalue weighted by molar-refractivity contribution is 0.125. The molecule has 1 aromatic carbocycles. The summed E-state index contributed by atoms with van der Waals surface area (Å²) in [5.41, 5.74) is 5.60. The topological polar surface area (TPSA) is 61.3 Å². The zero-order valence-electron chi connectivity index (χ0n) is 18.3. The van der Waals surface area contributed by atoms with Crippen molar-refractivity contribution in [2.24, 2.45) is 0 Å². The van der Waals surface area contributed by atoms with Crippen molar-refractivity contribution in [2.75, 3.05) is 32.7 Å². The van der Waals surface area contributed by atoms with Gasteiger partial charge in [-0.05, 0) is 63.8 Å². The number of H-pyrrole nitrogens is 1. The Kier molecular flexibility index (Phi) is 7.09. The van der Waals surface area contributed by atoms with Crippen LogP contribution in [0.4, 0.5) is 0 Å². The zero-order valence-corrected chi connectivity index (χ0v) is 18.3. The fourth-order valence-corrected chi connectivity index (χ4v) is 4.26. The van der Waals surface area contributed by atoms with Crippen LogP contribution in [0.1, 0.15) is 40.7 Å². The van der Waals surface area contributed by atoms with Crippen molar-refractivity contribution in [1.82, 2.24) is 19.4 Å². The van der Waals surface area contributed by atoms with E-state index in [2.05, 4.69) is 47.7 Å². The summed E-state index contributed by atoms with van der Waals surface area (Å²) in [6.45, 7) is 15.5. The lowest BCUT2D eigenvalue weighted by Gasteiger charge is -2.35. The van der Waals surface area contributed by atoms with Crippen LogP contribution in [0.15, 0.2) is 27.9 Å². The van der Waals surface area contributed by atoms with Crippen molar-refractivity contribution in [1.29, 1.82) is 0 Å². The van der Waals surface area contributed by atoms with Crippen molar-refractivity contribution in [3.63, 3.8) is 0 Å². The third-order valence-electron chi connectivity index (χ3n) is 6.00. The van der Waals surface area contributed by atoms with Crippen molar-refractivity contribution < 1.29 is 0 Å². The smallest absolute Gasteiger partial charge is 0.301 e. The van der Waals surface area contributed by atoms with E-state index in [0.717, 1.165) is 52.1 Å². The second-order valence-corrected chi connectivity index (χ2v) is 8.47. The molecule has 1 aliphatic heterocycles. The molecule has 3 rings (SSSR count). The highest BCUT2D eigenvalue weighted by atomic mass is 16.2. The molecule has 158 valence electrons. The van der Waals surface area contributed by atoms with Crippen LogP contribution in [0.25, 0.3) is 0 Å². The van der Waals surface area contributed by atoms with Crippen LogP contribution in [-0.2, 0) is 13.1 Å². The van der Waals surface area contributed by atoms with Crippen molar-refractivity contribution in [3.05, 3.63) is 67.0 Å². The van der Waals surface area contributed by atoms with E-state index < -0.39 is 0 Å². The third-order valence-corrected chi connectivity index (χ3v) is 6.00. The first-order chi connectivity index (χ1) is 13.8. The summed E-state index contributed by atoms with van der Waals surface area (Å²) in [6, 6.07) is 4.57. The lowest BCUT2D eigenvalue weighted by atomic mass is 9.99. The van der Waals surface area contributed by atoms with Crippen molar-refractivity contribution in [3.8, 4) is 0 Å². The van der Waals surface area contributed by atoms with E-state index in [1.54, 1.807) is 17.7 Å². The van der Waals surface area contributed by atoms with Gasteiger partial charge in [-0.2, -0.15) is 0 Å². The minimum Gasteiger partial charge on any atom is -0.301 e. The average Bonchev–Trinajstić information content (AvgIpc) is 2.66. The van der Waals surface area contributed by atoms with E-state index in [-0.39, 0.29) is 11.2 Å². The van der Waals surface area contributed by atoms with Gasteiger partial charge in [0.15, 0.2) is 0 Å². The summed E-state index contributed by atoms with van der Waals surface area (Å²) >= 11 is 0. The number of nitrogens with one attached hydrogen (secondary N) is 1. The van der Waals surface area contributed by atoms with E-state index >= 15 is 0 Å². The van der Waals surface area contributed by atoms with Gasteiger partial charge in [0, 0.05) is 51.0 Å².